The van der Waals surface area contributed by atoms with Crippen molar-refractivity contribution in [2.75, 3.05) is 0 Å². The topological polar surface area (TPSA) is 17.8 Å². The molecule has 0 aliphatic carbocycles. The maximum Gasteiger partial charge on any atom is 0.112 e. The van der Waals surface area contributed by atoms with Crippen molar-refractivity contribution < 1.29 is 0 Å². The van der Waals surface area contributed by atoms with Crippen LogP contribution in [0.15, 0.2) is 41.1 Å². The van der Waals surface area contributed by atoms with Gasteiger partial charge in [-0.25, -0.2) is 4.98 Å². The van der Waals surface area contributed by atoms with Gasteiger partial charge in [0.2, 0.25) is 0 Å². The molecule has 0 aliphatic rings. The standard InChI is InChI=1S/C11H11BrN2/c1-2-11-13-6-7-14(11)10-5-3-4-9(12)8-10/h3-8H,2H2,1H3. The molecule has 0 fully saturated rings. The monoisotopic (exact) mass is 250 g/mol. The molecular formula is C11H11BrN2. The highest BCUT2D eigenvalue weighted by Crippen LogP contribution is 2.16. The molecule has 0 saturated heterocycles. The lowest BCUT2D eigenvalue weighted by molar-refractivity contribution is 0.891. The van der Waals surface area contributed by atoms with Gasteiger partial charge in [-0.15, -0.1) is 0 Å². The summed E-state index contributed by atoms with van der Waals surface area (Å²) in [7, 11) is 0. The molecule has 2 nitrogen and oxygen atoms in total. The summed E-state index contributed by atoms with van der Waals surface area (Å²) >= 11 is 3.46. The largest absolute Gasteiger partial charge is 0.304 e. The first-order valence-corrected chi connectivity index (χ1v) is 5.38. The summed E-state index contributed by atoms with van der Waals surface area (Å²) in [5.41, 5.74) is 1.15. The average molecular weight is 251 g/mol. The van der Waals surface area contributed by atoms with E-state index in [4.69, 9.17) is 0 Å². The first-order chi connectivity index (χ1) is 6.81. The highest BCUT2D eigenvalue weighted by Gasteiger charge is 2.02. The zero-order valence-corrected chi connectivity index (χ0v) is 9.53. The van der Waals surface area contributed by atoms with E-state index in [0.29, 0.717) is 0 Å². The fourth-order valence-electron chi connectivity index (χ4n) is 1.46. The van der Waals surface area contributed by atoms with Crippen LogP contribution < -0.4 is 0 Å². The van der Waals surface area contributed by atoms with E-state index >= 15 is 0 Å². The van der Waals surface area contributed by atoms with Gasteiger partial charge in [0.25, 0.3) is 0 Å². The third-order valence-electron chi connectivity index (χ3n) is 2.12. The van der Waals surface area contributed by atoms with Crippen LogP contribution in [0.3, 0.4) is 0 Å². The quantitative estimate of drug-likeness (QED) is 0.801. The van der Waals surface area contributed by atoms with Gasteiger partial charge >= 0.3 is 0 Å². The number of aromatic nitrogens is 2. The van der Waals surface area contributed by atoms with Crippen LogP contribution in [0.2, 0.25) is 0 Å². The Labute approximate surface area is 91.7 Å². The summed E-state index contributed by atoms with van der Waals surface area (Å²) in [5, 5.41) is 0. The van der Waals surface area contributed by atoms with Crippen LogP contribution in [0.4, 0.5) is 0 Å². The van der Waals surface area contributed by atoms with Gasteiger partial charge in [-0.1, -0.05) is 28.9 Å². The van der Waals surface area contributed by atoms with Crippen molar-refractivity contribution in [3.05, 3.63) is 47.0 Å². The molecular weight excluding hydrogens is 240 g/mol. The van der Waals surface area contributed by atoms with E-state index in [2.05, 4.69) is 44.5 Å². The van der Waals surface area contributed by atoms with Crippen LogP contribution in [0, 0.1) is 0 Å². The van der Waals surface area contributed by atoms with Gasteiger partial charge < -0.3 is 4.57 Å². The van der Waals surface area contributed by atoms with Crippen LogP contribution in [-0.4, -0.2) is 9.55 Å². The Morgan fingerprint density at radius 3 is 3.00 bits per heavy atom. The predicted octanol–water partition coefficient (Wildman–Crippen LogP) is 3.20. The third kappa shape index (κ3) is 1.73. The molecule has 2 rings (SSSR count). The molecule has 0 aliphatic heterocycles. The first kappa shape index (κ1) is 9.46. The molecule has 72 valence electrons. The van der Waals surface area contributed by atoms with Crippen molar-refractivity contribution in [3.8, 4) is 5.69 Å². The zero-order chi connectivity index (χ0) is 9.97. The summed E-state index contributed by atoms with van der Waals surface area (Å²) in [5.74, 6) is 1.09. The molecule has 1 aromatic heterocycles. The number of hydrogen-bond acceptors (Lipinski definition) is 1. The van der Waals surface area contributed by atoms with Crippen LogP contribution in [0.5, 0.6) is 0 Å². The van der Waals surface area contributed by atoms with E-state index in [-0.39, 0.29) is 0 Å². The second-order valence-corrected chi connectivity index (χ2v) is 3.96. The predicted molar refractivity (Wildman–Crippen MR) is 60.6 cm³/mol. The minimum absolute atomic E-state index is 0.944. The second-order valence-electron chi connectivity index (χ2n) is 3.05. The maximum absolute atomic E-state index is 4.29. The SMILES string of the molecule is CCc1nccn1-c1cccc(Br)c1. The summed E-state index contributed by atoms with van der Waals surface area (Å²) in [6, 6.07) is 8.21. The summed E-state index contributed by atoms with van der Waals surface area (Å²) < 4.78 is 3.19. The second kappa shape index (κ2) is 3.96. The average Bonchev–Trinajstić information content (AvgIpc) is 2.65. The van der Waals surface area contributed by atoms with Crippen molar-refractivity contribution in [2.24, 2.45) is 0 Å². The molecule has 1 heterocycles. The van der Waals surface area contributed by atoms with Gasteiger partial charge in [0.05, 0.1) is 0 Å². The Bertz CT molecular complexity index is 434. The highest BCUT2D eigenvalue weighted by atomic mass is 79.9. The molecule has 14 heavy (non-hydrogen) atoms. The maximum atomic E-state index is 4.29. The molecule has 0 spiro atoms. The smallest absolute Gasteiger partial charge is 0.112 e. The molecule has 0 amide bonds. The minimum Gasteiger partial charge on any atom is -0.304 e. The molecule has 0 radical (unpaired) electrons. The van der Waals surface area contributed by atoms with Gasteiger partial charge in [-0.3, -0.25) is 0 Å². The summed E-state index contributed by atoms with van der Waals surface area (Å²) in [4.78, 5) is 4.29. The lowest BCUT2D eigenvalue weighted by atomic mass is 10.3. The van der Waals surface area contributed by atoms with Crippen molar-refractivity contribution in [1.82, 2.24) is 9.55 Å². The number of hydrogen-bond donors (Lipinski definition) is 0. The fraction of sp³-hybridized carbons (Fsp3) is 0.182. The van der Waals surface area contributed by atoms with Crippen LogP contribution in [-0.2, 0) is 6.42 Å². The molecule has 0 bridgehead atoms. The van der Waals surface area contributed by atoms with Crippen molar-refractivity contribution in [2.45, 2.75) is 13.3 Å². The lowest BCUT2D eigenvalue weighted by Crippen LogP contribution is -1.98. The third-order valence-corrected chi connectivity index (χ3v) is 2.61. The summed E-state index contributed by atoms with van der Waals surface area (Å²) in [6.45, 7) is 2.11. The van der Waals surface area contributed by atoms with E-state index in [1.54, 1.807) is 0 Å². The van der Waals surface area contributed by atoms with Crippen molar-refractivity contribution in [1.29, 1.82) is 0 Å². The Balaban J connectivity index is 2.49. The number of nitrogens with zero attached hydrogens (tertiary/aromatic N) is 2. The van der Waals surface area contributed by atoms with E-state index in [1.807, 2.05) is 24.5 Å². The van der Waals surface area contributed by atoms with Gasteiger partial charge in [0, 0.05) is 29.0 Å². The molecule has 1 aromatic carbocycles. The van der Waals surface area contributed by atoms with Gasteiger partial charge in [0.15, 0.2) is 0 Å². The Morgan fingerprint density at radius 1 is 1.43 bits per heavy atom. The van der Waals surface area contributed by atoms with Crippen LogP contribution in [0.25, 0.3) is 5.69 Å². The van der Waals surface area contributed by atoms with Crippen LogP contribution >= 0.6 is 15.9 Å². The van der Waals surface area contributed by atoms with Gasteiger partial charge in [-0.2, -0.15) is 0 Å². The van der Waals surface area contributed by atoms with E-state index in [9.17, 15) is 0 Å². The number of rotatable bonds is 2. The molecule has 2 aromatic rings. The van der Waals surface area contributed by atoms with Crippen molar-refractivity contribution in [3.63, 3.8) is 0 Å². The highest BCUT2D eigenvalue weighted by molar-refractivity contribution is 9.10. The lowest BCUT2D eigenvalue weighted by Gasteiger charge is -2.06. The zero-order valence-electron chi connectivity index (χ0n) is 7.94. The van der Waals surface area contributed by atoms with Crippen LogP contribution in [0.1, 0.15) is 12.7 Å². The molecule has 0 saturated carbocycles. The number of imidazole rings is 1. The van der Waals surface area contributed by atoms with E-state index < -0.39 is 0 Å². The number of benzene rings is 1. The fourth-order valence-corrected chi connectivity index (χ4v) is 1.84. The molecule has 0 N–H and O–H groups in total. The van der Waals surface area contributed by atoms with E-state index in [0.717, 1.165) is 22.4 Å². The number of aryl methyl sites for hydroxylation is 1. The Kier molecular flexibility index (Phi) is 2.68. The number of halogens is 1. The Hall–Kier alpha value is -1.09. The molecule has 0 unspecified atom stereocenters. The van der Waals surface area contributed by atoms with Gasteiger partial charge in [-0.05, 0) is 18.2 Å². The van der Waals surface area contributed by atoms with Crippen molar-refractivity contribution >= 4 is 15.9 Å². The van der Waals surface area contributed by atoms with E-state index in [1.165, 1.54) is 0 Å². The van der Waals surface area contributed by atoms with Gasteiger partial charge in [0.1, 0.15) is 5.82 Å². The summed E-state index contributed by atoms with van der Waals surface area (Å²) in [6.07, 6.45) is 4.76. The Morgan fingerprint density at radius 2 is 2.29 bits per heavy atom. The normalized spacial score (nSPS) is 10.4. The first-order valence-electron chi connectivity index (χ1n) is 4.59. The minimum atomic E-state index is 0.944. The molecule has 3 heteroatoms. The molecule has 0 atom stereocenters.